The number of hydrogen-bond acceptors (Lipinski definition) is 9. The van der Waals surface area contributed by atoms with E-state index in [1.165, 1.54) is 12.3 Å². The van der Waals surface area contributed by atoms with Crippen molar-refractivity contribution in [1.82, 2.24) is 19.2 Å². The summed E-state index contributed by atoms with van der Waals surface area (Å²) in [7, 11) is -5.26. The van der Waals surface area contributed by atoms with Crippen LogP contribution in [0.2, 0.25) is 5.02 Å². The van der Waals surface area contributed by atoms with Crippen LogP contribution in [0.5, 0.6) is 0 Å². The van der Waals surface area contributed by atoms with Gasteiger partial charge in [-0.25, -0.2) is 31.2 Å². The number of nitrogens with one attached hydrogen (secondary N) is 2. The van der Waals surface area contributed by atoms with Gasteiger partial charge in [-0.2, -0.15) is 17.5 Å². The number of likely N-dealkylation sites (N-methyl/N-ethyl adjacent to an activating group) is 1. The summed E-state index contributed by atoms with van der Waals surface area (Å²) < 4.78 is 110. The van der Waals surface area contributed by atoms with Crippen LogP contribution < -0.4 is 10.0 Å². The molecule has 12 nitrogen and oxygen atoms in total. The maximum absolute atomic E-state index is 15.0. The summed E-state index contributed by atoms with van der Waals surface area (Å²) >= 11 is 6.33. The normalized spacial score (nSPS) is 17.8. The minimum absolute atomic E-state index is 0.0456. The van der Waals surface area contributed by atoms with E-state index in [-0.39, 0.29) is 42.5 Å². The van der Waals surface area contributed by atoms with Gasteiger partial charge in [0.05, 0.1) is 21.2 Å². The Morgan fingerprint density at radius 2 is 1.82 bits per heavy atom. The highest BCUT2D eigenvalue weighted by molar-refractivity contribution is 7.92. The van der Waals surface area contributed by atoms with Crippen molar-refractivity contribution < 1.29 is 44.3 Å². The fraction of sp³-hybridized carbons (Fsp3) is 0.320. The lowest BCUT2D eigenvalue weighted by molar-refractivity contribution is -0.137. The van der Waals surface area contributed by atoms with Crippen molar-refractivity contribution in [3.05, 3.63) is 71.4 Å². The number of anilines is 2. The van der Waals surface area contributed by atoms with E-state index in [9.17, 15) is 30.0 Å². The Labute approximate surface area is 255 Å². The number of halogens is 5. The fourth-order valence-corrected chi connectivity index (χ4v) is 7.28. The third kappa shape index (κ3) is 8.32. The van der Waals surface area contributed by atoms with E-state index in [1.54, 1.807) is 19.0 Å². The third-order valence-electron chi connectivity index (χ3n) is 6.48. The van der Waals surface area contributed by atoms with Crippen molar-refractivity contribution >= 4 is 49.6 Å². The molecule has 1 aliphatic heterocycles. The van der Waals surface area contributed by atoms with E-state index in [1.807, 2.05) is 0 Å². The van der Waals surface area contributed by atoms with Crippen molar-refractivity contribution in [3.63, 3.8) is 0 Å². The van der Waals surface area contributed by atoms with Gasteiger partial charge in [0.1, 0.15) is 22.9 Å². The van der Waals surface area contributed by atoms with Crippen LogP contribution in [0.15, 0.2) is 64.8 Å². The van der Waals surface area contributed by atoms with Gasteiger partial charge in [0.2, 0.25) is 10.0 Å². The molecule has 19 heteroatoms. The molecule has 3 N–H and O–H groups in total. The van der Waals surface area contributed by atoms with Crippen molar-refractivity contribution in [2.45, 2.75) is 34.5 Å². The highest BCUT2D eigenvalue weighted by Crippen LogP contribution is 2.34. The quantitative estimate of drug-likeness (QED) is 0.237. The summed E-state index contributed by atoms with van der Waals surface area (Å²) in [5.74, 6) is -1.16. The molecule has 1 aromatic heterocycles. The smallest absolute Gasteiger partial charge is 0.416 e. The Hall–Kier alpha value is -3.58. The molecule has 0 saturated carbocycles. The standard InChI is InChI=1S/C24H25ClF4N6O4S2.CH2O2/c1-34(2)21-13-35(41(38,39)16-5-3-4-15(10-16)24(27,28)29)9-7-19(21)32-20-12-18(26)22(11-17(20)25)40(36,37)33-23-6-8-30-14-31-23;2-1-3/h3-6,8,10-12,14,19,21,32H,7,9,13H2,1-2H3,(H,30,31,33);1H,(H,2,3)/t19-,21-;/m0./s1. The molecule has 0 unspecified atom stereocenters. The highest BCUT2D eigenvalue weighted by Gasteiger charge is 2.38. The van der Waals surface area contributed by atoms with Gasteiger partial charge < -0.3 is 15.3 Å². The summed E-state index contributed by atoms with van der Waals surface area (Å²) in [4.78, 5) is 16.3. The second kappa shape index (κ2) is 14.0. The summed E-state index contributed by atoms with van der Waals surface area (Å²) in [5, 5.41) is 9.85. The topological polar surface area (TPSA) is 162 Å². The Kier molecular flexibility index (Phi) is 11.1. The number of hydrogen-bond donors (Lipinski definition) is 3. The maximum Gasteiger partial charge on any atom is 0.416 e. The zero-order valence-electron chi connectivity index (χ0n) is 23.0. The lowest BCUT2D eigenvalue weighted by Crippen LogP contribution is -2.56. The summed E-state index contributed by atoms with van der Waals surface area (Å²) in [6, 6.07) is 5.71. The number of alkyl halides is 3. The molecule has 0 amide bonds. The zero-order valence-corrected chi connectivity index (χ0v) is 25.4. The van der Waals surface area contributed by atoms with E-state index < -0.39 is 59.5 Å². The predicted octanol–water partition coefficient (Wildman–Crippen LogP) is 3.59. The second-order valence-corrected chi connectivity index (χ2v) is 13.5. The van der Waals surface area contributed by atoms with Crippen LogP contribution in [0.3, 0.4) is 0 Å². The minimum Gasteiger partial charge on any atom is -0.483 e. The molecule has 3 aromatic rings. The molecule has 0 aliphatic carbocycles. The largest absolute Gasteiger partial charge is 0.483 e. The van der Waals surface area contributed by atoms with Crippen LogP contribution in [0, 0.1) is 5.82 Å². The predicted molar refractivity (Wildman–Crippen MR) is 153 cm³/mol. The van der Waals surface area contributed by atoms with E-state index in [2.05, 4.69) is 20.0 Å². The molecule has 240 valence electrons. The van der Waals surface area contributed by atoms with Gasteiger partial charge in [0, 0.05) is 31.4 Å². The van der Waals surface area contributed by atoms with E-state index in [0.717, 1.165) is 41.0 Å². The first kappa shape index (κ1) is 34.9. The number of piperidine rings is 1. The van der Waals surface area contributed by atoms with E-state index in [4.69, 9.17) is 21.5 Å². The monoisotopic (exact) mass is 682 g/mol. The Balaban J connectivity index is 0.00000169. The van der Waals surface area contributed by atoms with Crippen LogP contribution >= 0.6 is 11.6 Å². The number of rotatable bonds is 8. The maximum atomic E-state index is 15.0. The Morgan fingerprint density at radius 3 is 2.41 bits per heavy atom. The highest BCUT2D eigenvalue weighted by atomic mass is 35.5. The average molecular weight is 683 g/mol. The first-order chi connectivity index (χ1) is 20.5. The number of nitrogens with zero attached hydrogens (tertiary/aromatic N) is 4. The van der Waals surface area contributed by atoms with Gasteiger partial charge in [0.25, 0.3) is 16.5 Å². The molecule has 1 fully saturated rings. The van der Waals surface area contributed by atoms with Gasteiger partial charge in [-0.1, -0.05) is 17.7 Å². The molecule has 1 saturated heterocycles. The summed E-state index contributed by atoms with van der Waals surface area (Å²) in [6.07, 6.45) is -2.09. The lowest BCUT2D eigenvalue weighted by Gasteiger charge is -2.41. The number of aromatic nitrogens is 2. The number of benzene rings is 2. The summed E-state index contributed by atoms with van der Waals surface area (Å²) in [5.41, 5.74) is -0.996. The van der Waals surface area contributed by atoms with E-state index >= 15 is 4.39 Å². The number of carboxylic acid groups (broad SMARTS) is 1. The molecule has 0 radical (unpaired) electrons. The number of sulfonamides is 2. The molecule has 2 heterocycles. The van der Waals surface area contributed by atoms with Crippen LogP contribution in [-0.2, 0) is 31.0 Å². The fourth-order valence-electron chi connectivity index (χ4n) is 4.38. The molecular formula is C25H27ClF4N6O6S2. The molecule has 4 rings (SSSR count). The van der Waals surface area contributed by atoms with Crippen LogP contribution in [0.25, 0.3) is 0 Å². The van der Waals surface area contributed by atoms with Crippen molar-refractivity contribution in [3.8, 4) is 0 Å². The first-order valence-electron chi connectivity index (χ1n) is 12.5. The van der Waals surface area contributed by atoms with Gasteiger partial charge in [-0.3, -0.25) is 9.52 Å². The molecule has 2 aromatic carbocycles. The van der Waals surface area contributed by atoms with Gasteiger partial charge in [0.15, 0.2) is 0 Å². The third-order valence-corrected chi connectivity index (χ3v) is 10.0. The van der Waals surface area contributed by atoms with Crippen LogP contribution in [0.1, 0.15) is 12.0 Å². The summed E-state index contributed by atoms with van der Waals surface area (Å²) in [6.45, 7) is -0.380. The lowest BCUT2D eigenvalue weighted by atomic mass is 9.99. The molecule has 1 aliphatic rings. The minimum atomic E-state index is -4.70. The average Bonchev–Trinajstić information content (AvgIpc) is 2.95. The molecule has 44 heavy (non-hydrogen) atoms. The van der Waals surface area contributed by atoms with Crippen molar-refractivity contribution in [2.24, 2.45) is 0 Å². The molecule has 0 spiro atoms. The van der Waals surface area contributed by atoms with Gasteiger partial charge in [-0.15, -0.1) is 0 Å². The van der Waals surface area contributed by atoms with Crippen LogP contribution in [0.4, 0.5) is 29.1 Å². The molecule has 0 bridgehead atoms. The zero-order chi connectivity index (χ0) is 32.9. The van der Waals surface area contributed by atoms with Crippen molar-refractivity contribution in [2.75, 3.05) is 37.2 Å². The SMILES string of the molecule is CN(C)[C@H]1CN(S(=O)(=O)c2cccc(C(F)(F)F)c2)CC[C@@H]1Nc1cc(F)c(S(=O)(=O)Nc2ccncn2)cc1Cl.O=CO. The molecule has 2 atom stereocenters. The second-order valence-electron chi connectivity index (χ2n) is 9.53. The van der Waals surface area contributed by atoms with E-state index in [0.29, 0.717) is 6.07 Å². The van der Waals surface area contributed by atoms with Gasteiger partial charge in [-0.05, 0) is 56.9 Å². The molecular weight excluding hydrogens is 656 g/mol. The Morgan fingerprint density at radius 1 is 1.14 bits per heavy atom. The number of carbonyl (C=O) groups is 1. The van der Waals surface area contributed by atoms with Gasteiger partial charge >= 0.3 is 6.18 Å². The first-order valence-corrected chi connectivity index (χ1v) is 15.8. The van der Waals surface area contributed by atoms with Crippen molar-refractivity contribution in [1.29, 1.82) is 0 Å². The van der Waals surface area contributed by atoms with Crippen LogP contribution in [-0.4, -0.2) is 86.9 Å². The Bertz CT molecular complexity index is 1680.